The molecule has 0 aromatic carbocycles. The summed E-state index contributed by atoms with van der Waals surface area (Å²) in [5.41, 5.74) is 0. The van der Waals surface area contributed by atoms with Gasteiger partial charge in [-0.25, -0.2) is 0 Å². The number of carbonyl (C=O) groups excluding carboxylic acids is 2. The van der Waals surface area contributed by atoms with E-state index in [9.17, 15) is 9.59 Å². The highest BCUT2D eigenvalue weighted by Crippen LogP contribution is 2.27. The Hall–Kier alpha value is -0.710. The zero-order valence-electron chi connectivity index (χ0n) is 11.1. The van der Waals surface area contributed by atoms with Crippen molar-refractivity contribution < 1.29 is 9.59 Å². The van der Waals surface area contributed by atoms with Gasteiger partial charge in [0.25, 0.3) is 0 Å². The van der Waals surface area contributed by atoms with Crippen LogP contribution in [0.2, 0.25) is 0 Å². The molecule has 5 heteroatoms. The van der Waals surface area contributed by atoms with Gasteiger partial charge in [-0.15, -0.1) is 0 Å². The van der Waals surface area contributed by atoms with Crippen molar-refractivity contribution in [2.45, 2.75) is 56.9 Å². The van der Waals surface area contributed by atoms with E-state index in [0.717, 1.165) is 6.54 Å². The number of nitrogens with one attached hydrogen (secondary N) is 1. The van der Waals surface area contributed by atoms with Crippen molar-refractivity contribution >= 4 is 23.6 Å². The lowest BCUT2D eigenvalue weighted by molar-refractivity contribution is -0.148. The molecule has 0 aliphatic carbocycles. The Bertz CT molecular complexity index is 329. The lowest BCUT2D eigenvalue weighted by Gasteiger charge is -2.39. The fourth-order valence-corrected chi connectivity index (χ4v) is 4.01. The molecule has 2 aliphatic heterocycles. The van der Waals surface area contributed by atoms with Crippen LogP contribution in [0.15, 0.2) is 0 Å². The van der Waals surface area contributed by atoms with E-state index in [-0.39, 0.29) is 23.9 Å². The van der Waals surface area contributed by atoms with Crippen molar-refractivity contribution in [2.24, 2.45) is 0 Å². The first-order valence-corrected chi connectivity index (χ1v) is 7.90. The second-order valence-corrected chi connectivity index (χ2v) is 6.54. The molecule has 4 nitrogen and oxygen atoms in total. The normalized spacial score (nSPS) is 33.4. The first kappa shape index (κ1) is 13.7. The topological polar surface area (TPSA) is 49.4 Å². The van der Waals surface area contributed by atoms with Gasteiger partial charge in [0.2, 0.25) is 11.8 Å². The van der Waals surface area contributed by atoms with Crippen LogP contribution in [0.3, 0.4) is 0 Å². The van der Waals surface area contributed by atoms with Crippen LogP contribution in [0.5, 0.6) is 0 Å². The Morgan fingerprint density at radius 2 is 2.17 bits per heavy atom. The first-order chi connectivity index (χ1) is 8.63. The summed E-state index contributed by atoms with van der Waals surface area (Å²) in [6, 6.07) is -0.634. The molecule has 1 N–H and O–H groups in total. The molecule has 0 saturated carbocycles. The molecule has 0 bridgehead atoms. The van der Waals surface area contributed by atoms with Crippen LogP contribution in [0.25, 0.3) is 0 Å². The molecule has 2 aliphatic rings. The Morgan fingerprint density at radius 1 is 1.39 bits per heavy atom. The standard InChI is InChI=1S/C13H22N2O2S/c1-3-11-12(16)14-9(2)13(17)15(11)8-10-6-4-5-7-18-10/h9-11H,3-8H2,1-2H3,(H,14,16). The van der Waals surface area contributed by atoms with Gasteiger partial charge in [-0.05, 0) is 31.9 Å². The van der Waals surface area contributed by atoms with E-state index in [0.29, 0.717) is 11.7 Å². The molecule has 0 spiro atoms. The molecule has 0 aromatic rings. The van der Waals surface area contributed by atoms with Crippen molar-refractivity contribution in [3.8, 4) is 0 Å². The summed E-state index contributed by atoms with van der Waals surface area (Å²) in [6.45, 7) is 4.47. The monoisotopic (exact) mass is 270 g/mol. The highest BCUT2D eigenvalue weighted by Gasteiger charge is 2.38. The lowest BCUT2D eigenvalue weighted by atomic mass is 10.0. The predicted octanol–water partition coefficient (Wildman–Crippen LogP) is 1.40. The van der Waals surface area contributed by atoms with E-state index < -0.39 is 0 Å². The quantitative estimate of drug-likeness (QED) is 0.843. The van der Waals surface area contributed by atoms with Crippen molar-refractivity contribution in [3.05, 3.63) is 0 Å². The van der Waals surface area contributed by atoms with Gasteiger partial charge >= 0.3 is 0 Å². The minimum atomic E-state index is -0.367. The van der Waals surface area contributed by atoms with E-state index in [4.69, 9.17) is 0 Å². The van der Waals surface area contributed by atoms with E-state index >= 15 is 0 Å². The van der Waals surface area contributed by atoms with Crippen LogP contribution in [0.1, 0.15) is 39.5 Å². The second-order valence-electron chi connectivity index (χ2n) is 5.13. The number of piperazine rings is 1. The van der Waals surface area contributed by atoms with Gasteiger partial charge < -0.3 is 10.2 Å². The van der Waals surface area contributed by atoms with Crippen molar-refractivity contribution in [1.82, 2.24) is 10.2 Å². The van der Waals surface area contributed by atoms with Crippen molar-refractivity contribution in [3.63, 3.8) is 0 Å². The summed E-state index contributed by atoms with van der Waals surface area (Å²) in [4.78, 5) is 25.9. The summed E-state index contributed by atoms with van der Waals surface area (Å²) in [5, 5.41) is 3.27. The van der Waals surface area contributed by atoms with Crippen molar-refractivity contribution in [1.29, 1.82) is 0 Å². The maximum Gasteiger partial charge on any atom is 0.245 e. The molecule has 2 amide bonds. The average Bonchev–Trinajstić information content (AvgIpc) is 2.37. The summed E-state index contributed by atoms with van der Waals surface area (Å²) in [5.74, 6) is 1.27. The molecule has 2 fully saturated rings. The lowest BCUT2D eigenvalue weighted by Crippen LogP contribution is -2.63. The van der Waals surface area contributed by atoms with Crippen LogP contribution in [0, 0.1) is 0 Å². The molecule has 0 aromatic heterocycles. The largest absolute Gasteiger partial charge is 0.343 e. The van der Waals surface area contributed by atoms with E-state index in [1.807, 2.05) is 23.6 Å². The average molecular weight is 270 g/mol. The fraction of sp³-hybridized carbons (Fsp3) is 0.846. The predicted molar refractivity (Wildman–Crippen MR) is 73.5 cm³/mol. The zero-order chi connectivity index (χ0) is 13.1. The molecule has 2 saturated heterocycles. The Labute approximate surface area is 113 Å². The smallest absolute Gasteiger partial charge is 0.245 e. The second kappa shape index (κ2) is 5.95. The third kappa shape index (κ3) is 2.82. The highest BCUT2D eigenvalue weighted by molar-refractivity contribution is 7.99. The van der Waals surface area contributed by atoms with Crippen LogP contribution < -0.4 is 5.32 Å². The molecule has 2 heterocycles. The molecular weight excluding hydrogens is 248 g/mol. The molecule has 3 unspecified atom stereocenters. The minimum absolute atomic E-state index is 0.00501. The Morgan fingerprint density at radius 3 is 2.78 bits per heavy atom. The molecule has 18 heavy (non-hydrogen) atoms. The highest BCUT2D eigenvalue weighted by atomic mass is 32.2. The Balaban J connectivity index is 2.05. The third-order valence-electron chi connectivity index (χ3n) is 3.75. The van der Waals surface area contributed by atoms with E-state index in [1.54, 1.807) is 6.92 Å². The fourth-order valence-electron chi connectivity index (χ4n) is 2.71. The maximum atomic E-state index is 12.2. The van der Waals surface area contributed by atoms with Crippen LogP contribution in [0.4, 0.5) is 0 Å². The summed E-state index contributed by atoms with van der Waals surface area (Å²) in [7, 11) is 0. The maximum absolute atomic E-state index is 12.2. The van der Waals surface area contributed by atoms with Gasteiger partial charge in [-0.1, -0.05) is 13.3 Å². The first-order valence-electron chi connectivity index (χ1n) is 6.86. The number of hydrogen-bond donors (Lipinski definition) is 1. The third-order valence-corrected chi connectivity index (χ3v) is 5.13. The zero-order valence-corrected chi connectivity index (χ0v) is 12.0. The number of carbonyl (C=O) groups is 2. The van der Waals surface area contributed by atoms with Crippen LogP contribution in [-0.2, 0) is 9.59 Å². The minimum Gasteiger partial charge on any atom is -0.343 e. The van der Waals surface area contributed by atoms with Gasteiger partial charge in [0, 0.05) is 11.8 Å². The number of nitrogens with zero attached hydrogens (tertiary/aromatic N) is 1. The van der Waals surface area contributed by atoms with Gasteiger partial charge in [-0.2, -0.15) is 11.8 Å². The molecule has 0 radical (unpaired) electrons. The Kier molecular flexibility index (Phi) is 4.54. The number of amides is 2. The number of hydrogen-bond acceptors (Lipinski definition) is 3. The molecular formula is C13H22N2O2S. The van der Waals surface area contributed by atoms with Crippen molar-refractivity contribution in [2.75, 3.05) is 12.3 Å². The summed E-state index contributed by atoms with van der Waals surface area (Å²) in [6.07, 6.45) is 4.39. The number of thioether (sulfide) groups is 1. The van der Waals surface area contributed by atoms with E-state index in [1.165, 1.54) is 25.0 Å². The summed E-state index contributed by atoms with van der Waals surface area (Å²) >= 11 is 1.95. The summed E-state index contributed by atoms with van der Waals surface area (Å²) < 4.78 is 0. The van der Waals surface area contributed by atoms with Gasteiger partial charge in [0.1, 0.15) is 12.1 Å². The van der Waals surface area contributed by atoms with Gasteiger partial charge in [0.05, 0.1) is 0 Å². The molecule has 2 rings (SSSR count). The van der Waals surface area contributed by atoms with E-state index in [2.05, 4.69) is 5.32 Å². The number of rotatable bonds is 3. The van der Waals surface area contributed by atoms with Crippen LogP contribution >= 0.6 is 11.8 Å². The van der Waals surface area contributed by atoms with Crippen LogP contribution in [-0.4, -0.2) is 46.3 Å². The SMILES string of the molecule is CCC1C(=O)NC(C)C(=O)N1CC1CCCCS1. The molecule has 102 valence electrons. The van der Waals surface area contributed by atoms with Gasteiger partial charge in [0.15, 0.2) is 0 Å². The van der Waals surface area contributed by atoms with Gasteiger partial charge in [-0.3, -0.25) is 9.59 Å². The molecule has 3 atom stereocenters.